The quantitative estimate of drug-likeness (QED) is 0.179. The molecule has 0 aliphatic rings. The van der Waals surface area contributed by atoms with Gasteiger partial charge in [0, 0.05) is 29.0 Å². The summed E-state index contributed by atoms with van der Waals surface area (Å²) in [5.41, 5.74) is 1.26. The third kappa shape index (κ3) is 8.33. The molecule has 0 aliphatic carbocycles. The molecule has 230 valence electrons. The topological polar surface area (TPSA) is 86.8 Å². The Morgan fingerprint density at radius 1 is 0.864 bits per heavy atom. The SMILES string of the molecule is CC[C@@H](C)NC(=O)[C@@H](Cc1ccccc1)N(Cc1ccccc1F)C(=O)CN(c1ccc(Br)cc1)S(=O)(=O)c1ccccc1. The number of rotatable bonds is 13. The molecule has 2 atom stereocenters. The van der Waals surface area contributed by atoms with Crippen LogP contribution in [0.5, 0.6) is 0 Å². The van der Waals surface area contributed by atoms with E-state index in [-0.39, 0.29) is 35.2 Å². The largest absolute Gasteiger partial charge is 0.352 e. The monoisotopic (exact) mass is 679 g/mol. The Balaban J connectivity index is 1.80. The number of halogens is 2. The van der Waals surface area contributed by atoms with E-state index in [0.717, 1.165) is 14.3 Å². The van der Waals surface area contributed by atoms with Gasteiger partial charge in [-0.25, -0.2) is 12.8 Å². The van der Waals surface area contributed by atoms with Crippen molar-refractivity contribution in [3.8, 4) is 0 Å². The molecule has 0 aliphatic heterocycles. The number of carbonyl (C=O) groups excluding carboxylic acids is 2. The molecular weight excluding hydrogens is 645 g/mol. The fourth-order valence-corrected chi connectivity index (χ4v) is 6.36. The molecule has 0 spiro atoms. The minimum atomic E-state index is -4.21. The van der Waals surface area contributed by atoms with E-state index < -0.39 is 40.2 Å². The molecule has 10 heteroatoms. The number of sulfonamides is 1. The molecule has 0 heterocycles. The number of nitrogens with zero attached hydrogens (tertiary/aromatic N) is 2. The molecule has 7 nitrogen and oxygen atoms in total. The smallest absolute Gasteiger partial charge is 0.264 e. The first-order valence-corrected chi connectivity index (χ1v) is 16.5. The molecular formula is C34H35BrFN3O4S. The molecule has 0 radical (unpaired) electrons. The predicted molar refractivity (Wildman–Crippen MR) is 174 cm³/mol. The van der Waals surface area contributed by atoms with E-state index in [4.69, 9.17) is 0 Å². The number of anilines is 1. The summed E-state index contributed by atoms with van der Waals surface area (Å²) in [5.74, 6) is -1.60. The second-order valence-electron chi connectivity index (χ2n) is 10.4. The summed E-state index contributed by atoms with van der Waals surface area (Å²) in [4.78, 5) is 29.5. The van der Waals surface area contributed by atoms with Crippen LogP contribution in [0.2, 0.25) is 0 Å². The first kappa shape index (κ1) is 32.9. The average molecular weight is 681 g/mol. The molecule has 4 aromatic rings. The van der Waals surface area contributed by atoms with Gasteiger partial charge in [0.15, 0.2) is 0 Å². The molecule has 0 aromatic heterocycles. The molecule has 4 aromatic carbocycles. The summed E-state index contributed by atoms with van der Waals surface area (Å²) in [7, 11) is -4.21. The molecule has 0 bridgehead atoms. The van der Waals surface area contributed by atoms with E-state index in [1.165, 1.54) is 23.1 Å². The highest BCUT2D eigenvalue weighted by Crippen LogP contribution is 2.26. The highest BCUT2D eigenvalue weighted by molar-refractivity contribution is 9.10. The van der Waals surface area contributed by atoms with Crippen molar-refractivity contribution in [1.29, 1.82) is 0 Å². The van der Waals surface area contributed by atoms with E-state index >= 15 is 0 Å². The zero-order chi connectivity index (χ0) is 31.7. The van der Waals surface area contributed by atoms with Crippen LogP contribution < -0.4 is 9.62 Å². The summed E-state index contributed by atoms with van der Waals surface area (Å²) in [6.45, 7) is 2.94. The summed E-state index contributed by atoms with van der Waals surface area (Å²) < 4.78 is 44.7. The molecule has 44 heavy (non-hydrogen) atoms. The minimum Gasteiger partial charge on any atom is -0.352 e. The van der Waals surface area contributed by atoms with Crippen molar-refractivity contribution in [3.63, 3.8) is 0 Å². The standard InChI is InChI=1S/C34H35BrFN3O4S/c1-3-25(2)37-34(41)32(22-26-12-6-4-7-13-26)38(23-27-14-10-11-17-31(27)36)33(40)24-39(29-20-18-28(35)19-21-29)44(42,43)30-15-8-5-9-16-30/h4-21,25,32H,3,22-24H2,1-2H3,(H,37,41)/t25-,32-/m1/s1. The van der Waals surface area contributed by atoms with Gasteiger partial charge in [-0.05, 0) is 61.4 Å². The summed E-state index contributed by atoms with van der Waals surface area (Å²) in [6.07, 6.45) is 0.810. The van der Waals surface area contributed by atoms with E-state index in [2.05, 4.69) is 21.2 Å². The average Bonchev–Trinajstić information content (AvgIpc) is 3.03. The lowest BCUT2D eigenvalue weighted by Gasteiger charge is -2.34. The van der Waals surface area contributed by atoms with Gasteiger partial charge < -0.3 is 10.2 Å². The summed E-state index contributed by atoms with van der Waals surface area (Å²) >= 11 is 3.38. The molecule has 0 unspecified atom stereocenters. The maximum atomic E-state index is 15.0. The first-order valence-electron chi connectivity index (χ1n) is 14.3. The van der Waals surface area contributed by atoms with Crippen LogP contribution in [0.15, 0.2) is 119 Å². The number of carbonyl (C=O) groups is 2. The van der Waals surface area contributed by atoms with Gasteiger partial charge in [-0.15, -0.1) is 0 Å². The number of nitrogens with one attached hydrogen (secondary N) is 1. The van der Waals surface area contributed by atoms with E-state index in [9.17, 15) is 22.4 Å². The Bertz CT molecular complexity index is 1660. The Kier molecular flexibility index (Phi) is 11.3. The molecule has 0 saturated heterocycles. The number of hydrogen-bond acceptors (Lipinski definition) is 4. The second kappa shape index (κ2) is 15.1. The van der Waals surface area contributed by atoms with Crippen molar-refractivity contribution in [2.24, 2.45) is 0 Å². The van der Waals surface area contributed by atoms with Crippen molar-refractivity contribution in [1.82, 2.24) is 10.2 Å². The van der Waals surface area contributed by atoms with Crippen molar-refractivity contribution in [2.45, 2.75) is 50.2 Å². The Morgan fingerprint density at radius 3 is 2.07 bits per heavy atom. The van der Waals surface area contributed by atoms with Gasteiger partial charge in [0.05, 0.1) is 10.6 Å². The van der Waals surface area contributed by atoms with Crippen LogP contribution in [0.4, 0.5) is 10.1 Å². The van der Waals surface area contributed by atoms with Gasteiger partial charge in [0.2, 0.25) is 11.8 Å². The third-order valence-electron chi connectivity index (χ3n) is 7.30. The zero-order valence-electron chi connectivity index (χ0n) is 24.6. The maximum Gasteiger partial charge on any atom is 0.264 e. The third-order valence-corrected chi connectivity index (χ3v) is 9.61. The number of amides is 2. The van der Waals surface area contributed by atoms with Crippen molar-refractivity contribution in [3.05, 3.63) is 131 Å². The first-order chi connectivity index (χ1) is 21.1. The lowest BCUT2D eigenvalue weighted by atomic mass is 10.0. The summed E-state index contributed by atoms with van der Waals surface area (Å²) in [5, 5.41) is 2.97. The number of hydrogen-bond donors (Lipinski definition) is 1. The van der Waals surface area contributed by atoms with Crippen molar-refractivity contribution >= 4 is 43.5 Å². The minimum absolute atomic E-state index is 0.00622. The van der Waals surface area contributed by atoms with Crippen LogP contribution in [0.25, 0.3) is 0 Å². The Hall–Kier alpha value is -4.02. The van der Waals surface area contributed by atoms with E-state index in [1.807, 2.05) is 44.2 Å². The van der Waals surface area contributed by atoms with Gasteiger partial charge in [-0.1, -0.05) is 89.6 Å². The Morgan fingerprint density at radius 2 is 1.45 bits per heavy atom. The second-order valence-corrected chi connectivity index (χ2v) is 13.2. The van der Waals surface area contributed by atoms with Gasteiger partial charge >= 0.3 is 0 Å². The fourth-order valence-electron chi connectivity index (χ4n) is 4.66. The summed E-state index contributed by atoms with van der Waals surface area (Å²) in [6, 6.07) is 28.4. The van der Waals surface area contributed by atoms with Gasteiger partial charge in [-0.3, -0.25) is 13.9 Å². The lowest BCUT2D eigenvalue weighted by molar-refractivity contribution is -0.140. The van der Waals surface area contributed by atoms with Crippen LogP contribution >= 0.6 is 15.9 Å². The predicted octanol–water partition coefficient (Wildman–Crippen LogP) is 6.34. The molecule has 0 saturated carbocycles. The van der Waals surface area contributed by atoms with Crippen molar-refractivity contribution in [2.75, 3.05) is 10.8 Å². The maximum absolute atomic E-state index is 15.0. The molecule has 1 N–H and O–H groups in total. The fraction of sp³-hybridized carbons (Fsp3) is 0.235. The molecule has 2 amide bonds. The Labute approximate surface area is 266 Å². The van der Waals surface area contributed by atoms with Crippen LogP contribution in [0.1, 0.15) is 31.4 Å². The normalized spacial score (nSPS) is 12.6. The van der Waals surface area contributed by atoms with Gasteiger partial charge in [0.25, 0.3) is 10.0 Å². The zero-order valence-corrected chi connectivity index (χ0v) is 27.0. The van der Waals surface area contributed by atoms with Crippen molar-refractivity contribution < 1.29 is 22.4 Å². The van der Waals surface area contributed by atoms with Crippen LogP contribution in [0.3, 0.4) is 0 Å². The van der Waals surface area contributed by atoms with Gasteiger partial charge in [-0.2, -0.15) is 0 Å². The highest BCUT2D eigenvalue weighted by Gasteiger charge is 2.35. The molecule has 0 fully saturated rings. The molecule has 4 rings (SSSR count). The highest BCUT2D eigenvalue weighted by atomic mass is 79.9. The van der Waals surface area contributed by atoms with E-state index in [1.54, 1.807) is 60.7 Å². The van der Waals surface area contributed by atoms with Crippen LogP contribution in [-0.4, -0.2) is 43.8 Å². The van der Waals surface area contributed by atoms with Crippen LogP contribution in [0, 0.1) is 5.82 Å². The lowest BCUT2D eigenvalue weighted by Crippen LogP contribution is -2.54. The van der Waals surface area contributed by atoms with E-state index in [0.29, 0.717) is 6.42 Å². The number of benzene rings is 4. The van der Waals surface area contributed by atoms with Crippen LogP contribution in [-0.2, 0) is 32.6 Å². The van der Waals surface area contributed by atoms with Gasteiger partial charge in [0.1, 0.15) is 18.4 Å².